The summed E-state index contributed by atoms with van der Waals surface area (Å²) in [5, 5.41) is 2.31. The number of ether oxygens (including phenoxy) is 1. The highest BCUT2D eigenvalue weighted by molar-refractivity contribution is 8.01. The van der Waals surface area contributed by atoms with Crippen molar-refractivity contribution in [2.24, 2.45) is 0 Å². The van der Waals surface area contributed by atoms with Gasteiger partial charge >= 0.3 is 5.97 Å². The van der Waals surface area contributed by atoms with Crippen molar-refractivity contribution in [1.82, 2.24) is 4.90 Å². The van der Waals surface area contributed by atoms with Crippen molar-refractivity contribution in [3.63, 3.8) is 0 Å². The molecule has 0 radical (unpaired) electrons. The second-order valence-electron chi connectivity index (χ2n) is 6.05. The van der Waals surface area contributed by atoms with Crippen LogP contribution in [0, 0.1) is 11.6 Å². The van der Waals surface area contributed by atoms with E-state index in [0.717, 1.165) is 12.1 Å². The minimum Gasteiger partial charge on any atom is -0.454 e. The quantitative estimate of drug-likeness (QED) is 0.820. The first-order valence-electron chi connectivity index (χ1n) is 7.68. The lowest BCUT2D eigenvalue weighted by Gasteiger charge is -2.29. The van der Waals surface area contributed by atoms with Gasteiger partial charge in [-0.15, -0.1) is 11.8 Å². The maximum atomic E-state index is 13.1. The zero-order chi connectivity index (χ0) is 18.2. The zero-order valence-electron chi connectivity index (χ0n) is 13.4. The van der Waals surface area contributed by atoms with Crippen LogP contribution in [0.5, 0.6) is 0 Å². The molecule has 0 aromatic heterocycles. The Balaban J connectivity index is 1.54. The van der Waals surface area contributed by atoms with Crippen LogP contribution in [0.1, 0.15) is 19.8 Å². The van der Waals surface area contributed by atoms with Crippen LogP contribution in [0.15, 0.2) is 18.2 Å². The molecule has 1 aromatic rings. The Morgan fingerprint density at radius 3 is 2.88 bits per heavy atom. The molecule has 1 aromatic carbocycles. The molecule has 1 N–H and O–H groups in total. The summed E-state index contributed by atoms with van der Waals surface area (Å²) in [7, 11) is 0. The predicted molar refractivity (Wildman–Crippen MR) is 86.7 cm³/mol. The van der Waals surface area contributed by atoms with Gasteiger partial charge in [0.05, 0.1) is 4.87 Å². The summed E-state index contributed by atoms with van der Waals surface area (Å²) in [5.41, 5.74) is 0.0543. The number of hydrogen-bond donors (Lipinski definition) is 1. The minimum atomic E-state index is -1.09. The molecule has 0 bridgehead atoms. The summed E-state index contributed by atoms with van der Waals surface area (Å²) in [6, 6.07) is 2.20. The highest BCUT2D eigenvalue weighted by atomic mass is 32.2. The molecule has 2 heterocycles. The Kier molecular flexibility index (Phi) is 4.68. The van der Waals surface area contributed by atoms with E-state index in [1.54, 1.807) is 0 Å². The molecule has 0 aliphatic carbocycles. The van der Waals surface area contributed by atoms with Gasteiger partial charge in [-0.1, -0.05) is 0 Å². The second kappa shape index (κ2) is 6.62. The second-order valence-corrected chi connectivity index (χ2v) is 7.55. The molecule has 25 heavy (non-hydrogen) atoms. The molecule has 2 saturated heterocycles. The number of esters is 1. The smallest absolute Gasteiger partial charge is 0.330 e. The molecule has 0 saturated carbocycles. The van der Waals surface area contributed by atoms with Crippen LogP contribution in [0.2, 0.25) is 0 Å². The van der Waals surface area contributed by atoms with Crippen molar-refractivity contribution >= 4 is 35.2 Å². The van der Waals surface area contributed by atoms with Gasteiger partial charge in [0.1, 0.15) is 6.04 Å². The molecule has 2 amide bonds. The van der Waals surface area contributed by atoms with E-state index in [4.69, 9.17) is 4.74 Å². The molecule has 9 heteroatoms. The highest BCUT2D eigenvalue weighted by Crippen LogP contribution is 2.47. The molecule has 0 unspecified atom stereocenters. The largest absolute Gasteiger partial charge is 0.454 e. The van der Waals surface area contributed by atoms with Gasteiger partial charge in [-0.05, 0) is 25.5 Å². The van der Waals surface area contributed by atoms with Crippen molar-refractivity contribution in [2.45, 2.75) is 30.7 Å². The lowest BCUT2D eigenvalue weighted by Crippen LogP contribution is -2.47. The maximum absolute atomic E-state index is 13.1. The average molecular weight is 370 g/mol. The fourth-order valence-corrected chi connectivity index (χ4v) is 4.42. The number of thioether (sulfide) groups is 1. The van der Waals surface area contributed by atoms with E-state index < -0.39 is 41.0 Å². The van der Waals surface area contributed by atoms with Gasteiger partial charge in [-0.25, -0.2) is 13.6 Å². The van der Waals surface area contributed by atoms with E-state index in [0.29, 0.717) is 18.6 Å². The number of anilines is 1. The molecule has 2 fully saturated rings. The third-order valence-corrected chi connectivity index (χ3v) is 5.77. The normalized spacial score (nSPS) is 25.0. The van der Waals surface area contributed by atoms with E-state index in [9.17, 15) is 23.2 Å². The number of nitrogens with one attached hydrogen (secondary N) is 1. The van der Waals surface area contributed by atoms with Gasteiger partial charge in [0, 0.05) is 23.9 Å². The summed E-state index contributed by atoms with van der Waals surface area (Å²) in [4.78, 5) is 37.1. The van der Waals surface area contributed by atoms with Gasteiger partial charge in [0.2, 0.25) is 5.91 Å². The van der Waals surface area contributed by atoms with Crippen molar-refractivity contribution in [3.05, 3.63) is 29.8 Å². The molecule has 2 aliphatic heterocycles. The SMILES string of the molecule is C[C@@]12CCC(=O)N1[C@@H](C(=O)OCC(=O)Nc1ccc(F)c(F)c1)CS2. The monoisotopic (exact) mass is 370 g/mol. The lowest BCUT2D eigenvalue weighted by atomic mass is 10.2. The summed E-state index contributed by atoms with van der Waals surface area (Å²) < 4.78 is 30.9. The van der Waals surface area contributed by atoms with Gasteiger partial charge in [-0.2, -0.15) is 0 Å². The van der Waals surface area contributed by atoms with E-state index in [2.05, 4.69) is 5.32 Å². The molecular weight excluding hydrogens is 354 g/mol. The van der Waals surface area contributed by atoms with Crippen LogP contribution in [0.25, 0.3) is 0 Å². The standard InChI is InChI=1S/C16H16F2N2O4S/c1-16-5-4-14(22)20(16)12(8-25-16)15(23)24-7-13(21)19-9-2-3-10(17)11(18)6-9/h2-3,6,12H,4-5,7-8H2,1H3,(H,19,21)/t12-,16-/m1/s1. The molecule has 2 atom stereocenters. The fourth-order valence-electron chi connectivity index (χ4n) is 3.00. The number of carbonyl (C=O) groups excluding carboxylic acids is 3. The van der Waals surface area contributed by atoms with Gasteiger partial charge in [0.25, 0.3) is 5.91 Å². The van der Waals surface area contributed by atoms with Gasteiger partial charge < -0.3 is 15.0 Å². The first kappa shape index (κ1) is 17.7. The molecule has 3 rings (SSSR count). The molecule has 134 valence electrons. The number of fused-ring (bicyclic) bond motifs is 1. The Labute approximate surface area is 146 Å². The van der Waals surface area contributed by atoms with Crippen LogP contribution >= 0.6 is 11.8 Å². The number of rotatable bonds is 4. The number of benzene rings is 1. The number of halogens is 2. The Bertz CT molecular complexity index is 745. The summed E-state index contributed by atoms with van der Waals surface area (Å²) in [6.07, 6.45) is 1.07. The van der Waals surface area contributed by atoms with E-state index in [1.165, 1.54) is 22.7 Å². The van der Waals surface area contributed by atoms with E-state index >= 15 is 0 Å². The number of hydrogen-bond acceptors (Lipinski definition) is 5. The van der Waals surface area contributed by atoms with Crippen molar-refractivity contribution < 1.29 is 27.9 Å². The summed E-state index contributed by atoms with van der Waals surface area (Å²) in [6.45, 7) is 1.34. The summed E-state index contributed by atoms with van der Waals surface area (Å²) in [5.74, 6) is -3.12. The van der Waals surface area contributed by atoms with Crippen molar-refractivity contribution in [3.8, 4) is 0 Å². The van der Waals surface area contributed by atoms with Crippen molar-refractivity contribution in [2.75, 3.05) is 17.7 Å². The predicted octanol–water partition coefficient (Wildman–Crippen LogP) is 1.90. The topological polar surface area (TPSA) is 75.7 Å². The summed E-state index contributed by atoms with van der Waals surface area (Å²) >= 11 is 1.52. The maximum Gasteiger partial charge on any atom is 0.330 e. The number of amides is 2. The Hall–Kier alpha value is -2.16. The van der Waals surface area contributed by atoms with Crippen LogP contribution < -0.4 is 5.32 Å². The first-order chi connectivity index (χ1) is 11.8. The number of carbonyl (C=O) groups is 3. The Morgan fingerprint density at radius 2 is 2.16 bits per heavy atom. The highest BCUT2D eigenvalue weighted by Gasteiger charge is 2.53. The molecule has 0 spiro atoms. The van der Waals surface area contributed by atoms with E-state index in [-0.39, 0.29) is 11.6 Å². The molecule has 6 nitrogen and oxygen atoms in total. The Morgan fingerprint density at radius 1 is 1.40 bits per heavy atom. The minimum absolute atomic E-state index is 0.0543. The van der Waals surface area contributed by atoms with Crippen LogP contribution in [-0.2, 0) is 19.1 Å². The van der Waals surface area contributed by atoms with E-state index in [1.807, 2.05) is 6.92 Å². The number of nitrogens with zero attached hydrogens (tertiary/aromatic N) is 1. The van der Waals surface area contributed by atoms with Gasteiger partial charge in [0.15, 0.2) is 18.2 Å². The zero-order valence-corrected chi connectivity index (χ0v) is 14.2. The average Bonchev–Trinajstić information content (AvgIpc) is 3.05. The third-order valence-electron chi connectivity index (χ3n) is 4.27. The molecular formula is C16H16F2N2O4S. The van der Waals surface area contributed by atoms with Crippen LogP contribution in [0.4, 0.5) is 14.5 Å². The third kappa shape index (κ3) is 3.46. The van der Waals surface area contributed by atoms with Gasteiger partial charge in [-0.3, -0.25) is 9.59 Å². The molecule has 2 aliphatic rings. The van der Waals surface area contributed by atoms with Crippen LogP contribution in [-0.4, -0.2) is 46.0 Å². The van der Waals surface area contributed by atoms with Crippen LogP contribution in [0.3, 0.4) is 0 Å². The lowest BCUT2D eigenvalue weighted by molar-refractivity contribution is -0.155. The fraction of sp³-hybridized carbons (Fsp3) is 0.438. The first-order valence-corrected chi connectivity index (χ1v) is 8.66. The van der Waals surface area contributed by atoms with Crippen molar-refractivity contribution in [1.29, 1.82) is 0 Å².